The number of nitrogens with one attached hydrogen (secondary N) is 2. The number of aryl methyl sites for hydroxylation is 2. The van der Waals surface area contributed by atoms with E-state index in [1.54, 1.807) is 12.1 Å². The molecule has 0 aliphatic rings. The molecule has 2 rings (SSSR count). The Kier molecular flexibility index (Phi) is 7.69. The molecule has 2 amide bonds. The molecule has 2 N–H and O–H groups in total. The number of carbonyl (C=O) groups excluding carboxylic acids is 4. The summed E-state index contributed by atoms with van der Waals surface area (Å²) in [5.74, 6) is -3.34. The number of hydrogen-bond acceptors (Lipinski definition) is 6. The summed E-state index contributed by atoms with van der Waals surface area (Å²) in [6.07, 6.45) is -0.978. The van der Waals surface area contributed by atoms with Crippen LogP contribution in [0.15, 0.2) is 36.4 Å². The zero-order valence-corrected chi connectivity index (χ0v) is 16.7. The number of amides is 2. The van der Waals surface area contributed by atoms with Crippen LogP contribution in [-0.2, 0) is 19.2 Å². The Hall–Kier alpha value is -3.68. The number of carboxylic acids is 2. The lowest BCUT2D eigenvalue weighted by Crippen LogP contribution is -2.24. The van der Waals surface area contributed by atoms with Crippen LogP contribution < -0.4 is 20.8 Å². The van der Waals surface area contributed by atoms with E-state index < -0.39 is 23.8 Å². The van der Waals surface area contributed by atoms with Gasteiger partial charge in [-0.15, -0.1) is 0 Å². The first-order valence-electron chi connectivity index (χ1n) is 9.37. The maximum absolute atomic E-state index is 11.8. The highest BCUT2D eigenvalue weighted by molar-refractivity contribution is 5.94. The number of anilines is 2. The first-order valence-corrected chi connectivity index (χ1v) is 9.37. The number of aliphatic carboxylic acids is 2. The fraction of sp³-hybridized carbons (Fsp3) is 0.273. The van der Waals surface area contributed by atoms with Crippen molar-refractivity contribution < 1.29 is 29.4 Å². The molecular weight excluding hydrogens is 388 g/mol. The summed E-state index contributed by atoms with van der Waals surface area (Å²) in [5.41, 5.74) is 4.61. The van der Waals surface area contributed by atoms with Gasteiger partial charge in [-0.05, 0) is 73.2 Å². The van der Waals surface area contributed by atoms with Crippen molar-refractivity contribution in [1.29, 1.82) is 0 Å². The minimum absolute atomic E-state index is 0.154. The van der Waals surface area contributed by atoms with Gasteiger partial charge in [-0.2, -0.15) is 0 Å². The van der Waals surface area contributed by atoms with Crippen LogP contribution in [0, 0.1) is 13.8 Å². The molecule has 158 valence electrons. The van der Waals surface area contributed by atoms with Gasteiger partial charge >= 0.3 is 0 Å². The van der Waals surface area contributed by atoms with Gasteiger partial charge in [0.05, 0.1) is 0 Å². The Morgan fingerprint density at radius 1 is 0.667 bits per heavy atom. The lowest BCUT2D eigenvalue weighted by molar-refractivity contribution is -0.307. The summed E-state index contributed by atoms with van der Waals surface area (Å²) in [6, 6.07) is 10.9. The van der Waals surface area contributed by atoms with E-state index in [0.717, 1.165) is 22.3 Å². The summed E-state index contributed by atoms with van der Waals surface area (Å²) in [4.78, 5) is 44.5. The summed E-state index contributed by atoms with van der Waals surface area (Å²) in [6.45, 7) is 3.66. The Morgan fingerprint density at radius 3 is 1.33 bits per heavy atom. The van der Waals surface area contributed by atoms with Gasteiger partial charge in [-0.1, -0.05) is 12.1 Å². The van der Waals surface area contributed by atoms with Gasteiger partial charge in [0.1, 0.15) is 0 Å². The number of carboxylic acid groups (broad SMARTS) is 2. The van der Waals surface area contributed by atoms with Gasteiger partial charge in [-0.3, -0.25) is 9.59 Å². The zero-order chi connectivity index (χ0) is 22.3. The van der Waals surface area contributed by atoms with Gasteiger partial charge in [-0.25, -0.2) is 0 Å². The Morgan fingerprint density at radius 2 is 1.03 bits per heavy atom. The van der Waals surface area contributed by atoms with E-state index in [9.17, 15) is 29.4 Å². The highest BCUT2D eigenvalue weighted by Crippen LogP contribution is 2.28. The lowest BCUT2D eigenvalue weighted by Gasteiger charge is -2.13. The third-order valence-electron chi connectivity index (χ3n) is 4.45. The molecule has 8 heteroatoms. The third kappa shape index (κ3) is 6.73. The van der Waals surface area contributed by atoms with E-state index in [0.29, 0.717) is 11.4 Å². The molecular formula is C22H22N2O6-2. The molecule has 0 aliphatic heterocycles. The molecule has 0 spiro atoms. The maximum atomic E-state index is 11.8. The quantitative estimate of drug-likeness (QED) is 0.630. The minimum Gasteiger partial charge on any atom is -0.550 e. The second-order valence-electron chi connectivity index (χ2n) is 6.90. The van der Waals surface area contributed by atoms with Crippen LogP contribution in [0.4, 0.5) is 11.4 Å². The highest BCUT2D eigenvalue weighted by Gasteiger charge is 2.09. The van der Waals surface area contributed by atoms with Crippen molar-refractivity contribution in [2.45, 2.75) is 39.5 Å². The predicted octanol–water partition coefficient (Wildman–Crippen LogP) is 0.908. The third-order valence-corrected chi connectivity index (χ3v) is 4.45. The van der Waals surface area contributed by atoms with Crippen LogP contribution in [0.5, 0.6) is 0 Å². The van der Waals surface area contributed by atoms with Crippen LogP contribution >= 0.6 is 0 Å². The van der Waals surface area contributed by atoms with Crippen molar-refractivity contribution in [2.75, 3.05) is 10.6 Å². The largest absolute Gasteiger partial charge is 0.550 e. The first kappa shape index (κ1) is 22.6. The monoisotopic (exact) mass is 410 g/mol. The summed E-state index contributed by atoms with van der Waals surface area (Å²) < 4.78 is 0. The fourth-order valence-electron chi connectivity index (χ4n) is 2.82. The number of benzene rings is 2. The second kappa shape index (κ2) is 10.2. The van der Waals surface area contributed by atoms with Gasteiger partial charge in [0.2, 0.25) is 11.8 Å². The van der Waals surface area contributed by atoms with Crippen LogP contribution in [-0.4, -0.2) is 23.8 Å². The molecule has 0 bridgehead atoms. The summed E-state index contributed by atoms with van der Waals surface area (Å²) in [5, 5.41) is 26.3. The van der Waals surface area contributed by atoms with Crippen LogP contribution in [0.1, 0.15) is 36.8 Å². The van der Waals surface area contributed by atoms with Gasteiger partial charge in [0.25, 0.3) is 0 Å². The van der Waals surface area contributed by atoms with Crippen LogP contribution in [0.2, 0.25) is 0 Å². The van der Waals surface area contributed by atoms with E-state index >= 15 is 0 Å². The molecule has 2 aromatic rings. The Labute approximate surface area is 173 Å². The molecule has 30 heavy (non-hydrogen) atoms. The molecule has 0 aliphatic carbocycles. The SMILES string of the molecule is Cc1cc(-c2ccc(NC(=O)CCC(=O)[O-])c(C)c2)ccc1NC(=O)CCC(=O)[O-]. The van der Waals surface area contributed by atoms with Crippen molar-refractivity contribution >= 4 is 35.1 Å². The smallest absolute Gasteiger partial charge is 0.224 e. The number of carbonyl (C=O) groups is 4. The molecule has 0 atom stereocenters. The standard InChI is InChI=1S/C22H24N2O6/c1-13-11-15(3-5-17(13)23-19(25)7-9-21(27)28)16-4-6-18(14(2)12-16)24-20(26)8-10-22(29)30/h3-6,11-12H,7-10H2,1-2H3,(H,23,25)(H,24,26)(H,27,28)(H,29,30)/p-2. The second-order valence-corrected chi connectivity index (χ2v) is 6.90. The zero-order valence-electron chi connectivity index (χ0n) is 16.7. The Balaban J connectivity index is 2.08. The molecule has 0 heterocycles. The Bertz CT molecular complexity index is 904. The molecule has 0 aromatic heterocycles. The molecule has 0 saturated heterocycles. The number of rotatable bonds is 9. The van der Waals surface area contributed by atoms with Crippen molar-refractivity contribution in [1.82, 2.24) is 0 Å². The van der Waals surface area contributed by atoms with E-state index in [-0.39, 0.29) is 25.7 Å². The average molecular weight is 410 g/mol. The normalized spacial score (nSPS) is 10.3. The van der Waals surface area contributed by atoms with Gasteiger partial charge in [0, 0.05) is 36.2 Å². The average Bonchev–Trinajstić information content (AvgIpc) is 2.68. The minimum atomic E-state index is -1.27. The molecule has 0 unspecified atom stereocenters. The molecule has 0 saturated carbocycles. The van der Waals surface area contributed by atoms with E-state index in [4.69, 9.17) is 0 Å². The predicted molar refractivity (Wildman–Crippen MR) is 107 cm³/mol. The van der Waals surface area contributed by atoms with E-state index in [2.05, 4.69) is 10.6 Å². The van der Waals surface area contributed by atoms with E-state index in [1.807, 2.05) is 38.1 Å². The summed E-state index contributed by atoms with van der Waals surface area (Å²) >= 11 is 0. The molecule has 2 aromatic carbocycles. The van der Waals surface area contributed by atoms with Crippen molar-refractivity contribution in [2.24, 2.45) is 0 Å². The maximum Gasteiger partial charge on any atom is 0.224 e. The van der Waals surface area contributed by atoms with Gasteiger partial charge in [0.15, 0.2) is 0 Å². The fourth-order valence-corrected chi connectivity index (χ4v) is 2.82. The van der Waals surface area contributed by atoms with Crippen LogP contribution in [0.25, 0.3) is 11.1 Å². The van der Waals surface area contributed by atoms with E-state index in [1.165, 1.54) is 0 Å². The molecule has 0 fully saturated rings. The lowest BCUT2D eigenvalue weighted by atomic mass is 10.00. The van der Waals surface area contributed by atoms with Crippen molar-refractivity contribution in [3.8, 4) is 11.1 Å². The topological polar surface area (TPSA) is 138 Å². The van der Waals surface area contributed by atoms with Gasteiger partial charge < -0.3 is 30.4 Å². The van der Waals surface area contributed by atoms with Crippen LogP contribution in [0.3, 0.4) is 0 Å². The van der Waals surface area contributed by atoms with Crippen molar-refractivity contribution in [3.05, 3.63) is 47.5 Å². The first-order chi connectivity index (χ1) is 14.2. The number of hydrogen-bond donors (Lipinski definition) is 2. The molecule has 0 radical (unpaired) electrons. The summed E-state index contributed by atoms with van der Waals surface area (Å²) in [7, 11) is 0. The highest BCUT2D eigenvalue weighted by atomic mass is 16.4. The van der Waals surface area contributed by atoms with Crippen molar-refractivity contribution in [3.63, 3.8) is 0 Å². The molecule has 8 nitrogen and oxygen atoms in total.